The fourth-order valence-electron chi connectivity index (χ4n) is 2.01. The van der Waals surface area contributed by atoms with Crippen LogP contribution in [0.4, 0.5) is 11.4 Å². The first-order chi connectivity index (χ1) is 8.97. The zero-order chi connectivity index (χ0) is 14.4. The van der Waals surface area contributed by atoms with Gasteiger partial charge in [-0.1, -0.05) is 19.9 Å². The molecule has 106 valence electrons. The average Bonchev–Trinajstić information content (AvgIpc) is 2.38. The predicted octanol–water partition coefficient (Wildman–Crippen LogP) is 2.64. The maximum Gasteiger partial charge on any atom is 0.238 e. The number of rotatable bonds is 6. The molecule has 1 unspecified atom stereocenters. The second-order valence-electron chi connectivity index (χ2n) is 4.96. The summed E-state index contributed by atoms with van der Waals surface area (Å²) in [5.74, 6) is -0.0160. The lowest BCUT2D eigenvalue weighted by Gasteiger charge is -2.26. The first-order valence-electron chi connectivity index (χ1n) is 6.87. The fraction of sp³-hybridized carbons (Fsp3) is 0.533. The third-order valence-electron chi connectivity index (χ3n) is 3.45. The minimum absolute atomic E-state index is 0.0160. The van der Waals surface area contributed by atoms with Crippen LogP contribution >= 0.6 is 0 Å². The van der Waals surface area contributed by atoms with Crippen LogP contribution in [-0.4, -0.2) is 29.9 Å². The third-order valence-corrected chi connectivity index (χ3v) is 3.45. The highest BCUT2D eigenvalue weighted by atomic mass is 16.2. The van der Waals surface area contributed by atoms with Gasteiger partial charge in [0.15, 0.2) is 0 Å². The molecule has 0 saturated heterocycles. The standard InChI is InChI=1S/C15H25N3O/c1-5-12(4)18(6-2)10-15(19)17-14-8-7-11(3)9-13(14)16/h7-9,12H,5-6,10,16H2,1-4H3,(H,17,19). The topological polar surface area (TPSA) is 58.4 Å². The lowest BCUT2D eigenvalue weighted by atomic mass is 10.2. The SMILES string of the molecule is CCC(C)N(CC)CC(=O)Nc1ccc(C)cc1N. The molecule has 1 atom stereocenters. The quantitative estimate of drug-likeness (QED) is 0.776. The number of hydrogen-bond donors (Lipinski definition) is 2. The van der Waals surface area contributed by atoms with E-state index in [-0.39, 0.29) is 5.91 Å². The molecular formula is C15H25N3O. The summed E-state index contributed by atoms with van der Waals surface area (Å²) in [6, 6.07) is 6.06. The lowest BCUT2D eigenvalue weighted by Crippen LogP contribution is -2.39. The Bertz CT molecular complexity index is 431. The summed E-state index contributed by atoms with van der Waals surface area (Å²) in [7, 11) is 0. The van der Waals surface area contributed by atoms with Gasteiger partial charge < -0.3 is 11.1 Å². The van der Waals surface area contributed by atoms with Gasteiger partial charge in [0.2, 0.25) is 5.91 Å². The van der Waals surface area contributed by atoms with Gasteiger partial charge in [-0.25, -0.2) is 0 Å². The molecule has 0 aliphatic carbocycles. The smallest absolute Gasteiger partial charge is 0.238 e. The van der Waals surface area contributed by atoms with Crippen molar-refractivity contribution in [3.05, 3.63) is 23.8 Å². The Hall–Kier alpha value is -1.55. The van der Waals surface area contributed by atoms with E-state index in [0.29, 0.717) is 24.0 Å². The molecule has 1 aromatic carbocycles. The van der Waals surface area contributed by atoms with Gasteiger partial charge in [-0.05, 0) is 44.5 Å². The number of nitrogen functional groups attached to an aromatic ring is 1. The number of benzene rings is 1. The van der Waals surface area contributed by atoms with E-state index in [4.69, 9.17) is 5.73 Å². The number of carbonyl (C=O) groups is 1. The van der Waals surface area contributed by atoms with Gasteiger partial charge in [0.25, 0.3) is 0 Å². The number of nitrogens with zero attached hydrogens (tertiary/aromatic N) is 1. The summed E-state index contributed by atoms with van der Waals surface area (Å²) < 4.78 is 0. The van der Waals surface area contributed by atoms with Crippen LogP contribution in [0.1, 0.15) is 32.8 Å². The van der Waals surface area contributed by atoms with Crippen molar-refractivity contribution in [3.63, 3.8) is 0 Å². The number of nitrogens with two attached hydrogens (primary N) is 1. The van der Waals surface area contributed by atoms with Crippen molar-refractivity contribution >= 4 is 17.3 Å². The second-order valence-corrected chi connectivity index (χ2v) is 4.96. The first-order valence-corrected chi connectivity index (χ1v) is 6.87. The zero-order valence-electron chi connectivity index (χ0n) is 12.4. The highest BCUT2D eigenvalue weighted by Gasteiger charge is 2.14. The van der Waals surface area contributed by atoms with Gasteiger partial charge in [-0.2, -0.15) is 0 Å². The van der Waals surface area contributed by atoms with Gasteiger partial charge in [0.05, 0.1) is 17.9 Å². The second kappa shape index (κ2) is 7.14. The summed E-state index contributed by atoms with van der Waals surface area (Å²) in [5.41, 5.74) is 8.28. The van der Waals surface area contributed by atoms with Crippen molar-refractivity contribution in [2.75, 3.05) is 24.1 Å². The van der Waals surface area contributed by atoms with Crippen LogP contribution in [0.25, 0.3) is 0 Å². The summed E-state index contributed by atoms with van der Waals surface area (Å²) in [5, 5.41) is 2.88. The third kappa shape index (κ3) is 4.56. The Morgan fingerprint density at radius 1 is 1.42 bits per heavy atom. The first kappa shape index (κ1) is 15.5. The molecular weight excluding hydrogens is 238 g/mol. The van der Waals surface area contributed by atoms with Gasteiger partial charge in [-0.3, -0.25) is 9.69 Å². The van der Waals surface area contributed by atoms with Gasteiger partial charge in [0, 0.05) is 6.04 Å². The molecule has 0 bridgehead atoms. The van der Waals surface area contributed by atoms with Gasteiger partial charge in [0.1, 0.15) is 0 Å². The van der Waals surface area contributed by atoms with Crippen LogP contribution < -0.4 is 11.1 Å². The molecule has 0 aromatic heterocycles. The summed E-state index contributed by atoms with van der Waals surface area (Å²) in [4.78, 5) is 14.2. The van der Waals surface area contributed by atoms with E-state index in [1.165, 1.54) is 0 Å². The number of likely N-dealkylation sites (N-methyl/N-ethyl adjacent to an activating group) is 1. The Morgan fingerprint density at radius 2 is 2.11 bits per heavy atom. The molecule has 0 aliphatic heterocycles. The van der Waals surface area contributed by atoms with Crippen LogP contribution in [0.5, 0.6) is 0 Å². The van der Waals surface area contributed by atoms with E-state index in [2.05, 4.69) is 31.0 Å². The fourth-order valence-corrected chi connectivity index (χ4v) is 2.01. The number of amides is 1. The zero-order valence-corrected chi connectivity index (χ0v) is 12.4. The van der Waals surface area contributed by atoms with Crippen LogP contribution in [-0.2, 0) is 4.79 Å². The Balaban J connectivity index is 2.64. The minimum atomic E-state index is -0.0160. The molecule has 19 heavy (non-hydrogen) atoms. The molecule has 0 radical (unpaired) electrons. The summed E-state index contributed by atoms with van der Waals surface area (Å²) >= 11 is 0. The molecule has 1 aromatic rings. The van der Waals surface area contributed by atoms with E-state index >= 15 is 0 Å². The number of aryl methyl sites for hydroxylation is 1. The van der Waals surface area contributed by atoms with Crippen molar-refractivity contribution < 1.29 is 4.79 Å². The molecule has 0 heterocycles. The lowest BCUT2D eigenvalue weighted by molar-refractivity contribution is -0.117. The molecule has 4 heteroatoms. The van der Waals surface area contributed by atoms with Crippen molar-refractivity contribution in [2.45, 2.75) is 40.2 Å². The van der Waals surface area contributed by atoms with E-state index in [1.54, 1.807) is 0 Å². The van der Waals surface area contributed by atoms with Crippen LogP contribution in [0.15, 0.2) is 18.2 Å². The van der Waals surface area contributed by atoms with E-state index in [0.717, 1.165) is 18.5 Å². The van der Waals surface area contributed by atoms with Crippen molar-refractivity contribution in [2.24, 2.45) is 0 Å². The molecule has 1 amide bonds. The summed E-state index contributed by atoms with van der Waals surface area (Å²) in [6.45, 7) is 9.58. The molecule has 1 rings (SSSR count). The van der Waals surface area contributed by atoms with E-state index < -0.39 is 0 Å². The van der Waals surface area contributed by atoms with Gasteiger partial charge in [-0.15, -0.1) is 0 Å². The van der Waals surface area contributed by atoms with Crippen LogP contribution in [0.3, 0.4) is 0 Å². The normalized spacial score (nSPS) is 12.5. The minimum Gasteiger partial charge on any atom is -0.397 e. The van der Waals surface area contributed by atoms with Crippen molar-refractivity contribution in [1.29, 1.82) is 0 Å². The van der Waals surface area contributed by atoms with Gasteiger partial charge >= 0.3 is 0 Å². The van der Waals surface area contributed by atoms with Crippen molar-refractivity contribution in [1.82, 2.24) is 4.90 Å². The largest absolute Gasteiger partial charge is 0.397 e. The molecule has 4 nitrogen and oxygen atoms in total. The van der Waals surface area contributed by atoms with Crippen LogP contribution in [0.2, 0.25) is 0 Å². The molecule has 0 aliphatic rings. The van der Waals surface area contributed by atoms with E-state index in [9.17, 15) is 4.79 Å². The maximum absolute atomic E-state index is 12.0. The Labute approximate surface area is 116 Å². The number of hydrogen-bond acceptors (Lipinski definition) is 3. The predicted molar refractivity (Wildman–Crippen MR) is 81.2 cm³/mol. The van der Waals surface area contributed by atoms with Crippen LogP contribution in [0, 0.1) is 6.92 Å². The summed E-state index contributed by atoms with van der Waals surface area (Å²) in [6.07, 6.45) is 1.04. The Morgan fingerprint density at radius 3 is 2.63 bits per heavy atom. The average molecular weight is 263 g/mol. The maximum atomic E-state index is 12.0. The number of anilines is 2. The number of carbonyl (C=O) groups excluding carboxylic acids is 1. The molecule has 3 N–H and O–H groups in total. The Kier molecular flexibility index (Phi) is 5.83. The highest BCUT2D eigenvalue weighted by molar-refractivity contribution is 5.95. The van der Waals surface area contributed by atoms with Crippen molar-refractivity contribution in [3.8, 4) is 0 Å². The molecule has 0 fully saturated rings. The number of nitrogens with one attached hydrogen (secondary N) is 1. The highest BCUT2D eigenvalue weighted by Crippen LogP contribution is 2.19. The van der Waals surface area contributed by atoms with E-state index in [1.807, 2.05) is 25.1 Å². The molecule has 0 saturated carbocycles. The molecule has 0 spiro atoms. The monoisotopic (exact) mass is 263 g/mol.